The molecule has 4 N–H and O–H groups in total. The molecule has 0 bridgehead atoms. The van der Waals surface area contributed by atoms with E-state index in [4.69, 9.17) is 19.8 Å². The number of phenols is 1. The molecule has 0 aliphatic heterocycles. The minimum atomic E-state index is -4.98. The zero-order valence-electron chi connectivity index (χ0n) is 13.8. The fourth-order valence-corrected chi connectivity index (χ4v) is 3.61. The van der Waals surface area contributed by atoms with E-state index in [0.717, 1.165) is 28.6 Å². The summed E-state index contributed by atoms with van der Waals surface area (Å²) < 4.78 is 28.6. The Morgan fingerprint density at radius 1 is 1.04 bits per heavy atom. The summed E-state index contributed by atoms with van der Waals surface area (Å²) in [6.45, 7) is 1.23. The molecule has 0 fully saturated rings. The maximum absolute atomic E-state index is 10.9. The summed E-state index contributed by atoms with van der Waals surface area (Å²) in [5.41, 5.74) is -0.00951. The quantitative estimate of drug-likeness (QED) is 0.364. The largest absolute Gasteiger partial charge is 0.0837 e. The van der Waals surface area contributed by atoms with Crippen molar-refractivity contribution < 1.29 is 21.8 Å². The van der Waals surface area contributed by atoms with Gasteiger partial charge in [-0.3, -0.25) is 0 Å². The summed E-state index contributed by atoms with van der Waals surface area (Å²) in [7, 11) is 0. The molecular weight excluding hydrogens is 421 g/mol. The van der Waals surface area contributed by atoms with Gasteiger partial charge in [-0.2, -0.15) is 0 Å². The van der Waals surface area contributed by atoms with Gasteiger partial charge in [-0.05, 0) is 11.5 Å². The molecule has 0 saturated carbocycles. The molecule has 0 aliphatic rings. The Morgan fingerprint density at radius 2 is 1.69 bits per heavy atom. The van der Waals surface area contributed by atoms with Crippen LogP contribution in [0.15, 0.2) is 60.7 Å². The van der Waals surface area contributed by atoms with Crippen LogP contribution in [0.1, 0.15) is 6.92 Å². The Morgan fingerprint density at radius 3 is 2.31 bits per heavy atom. The van der Waals surface area contributed by atoms with E-state index in [-0.39, 0.29) is 15.8 Å². The van der Waals surface area contributed by atoms with E-state index in [1.54, 1.807) is 0 Å². The number of benzene rings is 3. The van der Waals surface area contributed by atoms with Crippen molar-refractivity contribution in [2.24, 2.45) is 0 Å². The van der Waals surface area contributed by atoms with Crippen molar-refractivity contribution in [3.63, 3.8) is 0 Å². The van der Waals surface area contributed by atoms with E-state index in [1.807, 2.05) is 30.3 Å². The van der Waals surface area contributed by atoms with Crippen molar-refractivity contribution in [1.82, 2.24) is 0 Å². The first-order chi connectivity index (χ1) is 12.2. The number of aromatic hydroxyl groups is 1. The number of nitrogens with one attached hydrogen (secondary N) is 1. The fourth-order valence-electron chi connectivity index (χ4n) is 2.18. The molecule has 6 nitrogen and oxygen atoms in total. The zero-order valence-corrected chi connectivity index (χ0v) is 16.4. The van der Waals surface area contributed by atoms with Crippen LogP contribution in [-0.4, -0.2) is 33.4 Å². The summed E-state index contributed by atoms with van der Waals surface area (Å²) in [6.07, 6.45) is 0. The summed E-state index contributed by atoms with van der Waals surface area (Å²) in [5, 5.41) is 14.7. The molecule has 3 aromatic carbocycles. The number of hydrogen-bond donors (Lipinski definition) is 4. The smallest absolute Gasteiger partial charge is 0.0484 e. The van der Waals surface area contributed by atoms with Gasteiger partial charge in [-0.15, -0.1) is 0 Å². The molecule has 0 aromatic heterocycles. The monoisotopic (exact) mass is 437 g/mol. The van der Waals surface area contributed by atoms with E-state index in [9.17, 15) is 13.6 Å². The Hall–Kier alpha value is -2.24. The molecule has 0 radical (unpaired) electrons. The maximum atomic E-state index is 10.9. The summed E-state index contributed by atoms with van der Waals surface area (Å²) in [5.74, 6) is -0.668. The molecule has 0 heterocycles. The number of rotatable bonds is 2. The maximum Gasteiger partial charge on any atom is 0.0484 e. The van der Waals surface area contributed by atoms with Crippen LogP contribution in [0.2, 0.25) is 5.02 Å². The van der Waals surface area contributed by atoms with Crippen molar-refractivity contribution in [3.05, 3.63) is 65.7 Å². The predicted octanol–water partition coefficient (Wildman–Crippen LogP) is 2.40. The van der Waals surface area contributed by atoms with Crippen LogP contribution in [0.25, 0.3) is 10.8 Å². The number of phenolic OH excluding ortho intramolecular Hbond substituents is 1. The minimum absolute atomic E-state index is 0.00951. The van der Waals surface area contributed by atoms with Gasteiger partial charge in [0.25, 0.3) is 0 Å². The molecule has 3 rings (SSSR count). The van der Waals surface area contributed by atoms with Gasteiger partial charge in [0.2, 0.25) is 0 Å². The molecule has 136 valence electrons. The van der Waals surface area contributed by atoms with Crippen molar-refractivity contribution in [3.8, 4) is 5.75 Å². The SMILES string of the molecule is CC(=O)Nc1cc([As](=O)(O)O)ccc1O.Clc1cccc2ccccc12. The second-order valence-electron chi connectivity index (χ2n) is 5.39. The third-order valence-electron chi connectivity index (χ3n) is 3.36. The van der Waals surface area contributed by atoms with E-state index in [1.165, 1.54) is 12.3 Å². The van der Waals surface area contributed by atoms with Gasteiger partial charge in [-0.25, -0.2) is 0 Å². The molecule has 1 amide bonds. The molecule has 0 aliphatic carbocycles. The van der Waals surface area contributed by atoms with Crippen LogP contribution in [0.5, 0.6) is 5.75 Å². The summed E-state index contributed by atoms with van der Waals surface area (Å²) >= 11 is 0.973. The minimum Gasteiger partial charge on any atom is -0.0837 e. The van der Waals surface area contributed by atoms with Crippen LogP contribution < -0.4 is 9.67 Å². The van der Waals surface area contributed by atoms with E-state index >= 15 is 0 Å². The third kappa shape index (κ3) is 5.38. The van der Waals surface area contributed by atoms with E-state index < -0.39 is 20.1 Å². The Labute approximate surface area is 158 Å². The van der Waals surface area contributed by atoms with Crippen LogP contribution in [0.4, 0.5) is 5.69 Å². The summed E-state index contributed by atoms with van der Waals surface area (Å²) in [4.78, 5) is 10.7. The Balaban J connectivity index is 0.000000195. The van der Waals surface area contributed by atoms with Gasteiger partial charge >= 0.3 is 88.1 Å². The fraction of sp³-hybridized carbons (Fsp3) is 0.0556. The molecule has 3 aromatic rings. The number of halogens is 1. The van der Waals surface area contributed by atoms with Crippen molar-refractivity contribution in [2.45, 2.75) is 6.92 Å². The Kier molecular flexibility index (Phi) is 6.51. The van der Waals surface area contributed by atoms with Gasteiger partial charge < -0.3 is 0 Å². The standard InChI is InChI=1S/C10H7Cl.C8H10AsNO5/c11-10-7-3-5-8-4-1-2-6-9(8)10;1-5(11)10-7-4-6(9(13,14)15)2-3-8(7)12/h1-7H;2-4,12H,1H3,(H,10,11)(H2,13,14,15). The van der Waals surface area contributed by atoms with E-state index in [2.05, 4.69) is 17.4 Å². The molecule has 0 unspecified atom stereocenters. The molecule has 0 saturated heterocycles. The van der Waals surface area contributed by atoms with Crippen molar-refractivity contribution >= 4 is 52.5 Å². The average molecular weight is 438 g/mol. The molecule has 8 heteroatoms. The average Bonchev–Trinajstić information content (AvgIpc) is 2.57. The van der Waals surface area contributed by atoms with Gasteiger partial charge in [0.15, 0.2) is 0 Å². The van der Waals surface area contributed by atoms with Gasteiger partial charge in [0.1, 0.15) is 0 Å². The second kappa shape index (κ2) is 8.43. The summed E-state index contributed by atoms with van der Waals surface area (Å²) in [6, 6.07) is 17.3. The van der Waals surface area contributed by atoms with Gasteiger partial charge in [0, 0.05) is 10.4 Å². The van der Waals surface area contributed by atoms with Crippen molar-refractivity contribution in [1.29, 1.82) is 0 Å². The first kappa shape index (κ1) is 20.1. The molecule has 26 heavy (non-hydrogen) atoms. The number of amides is 1. The van der Waals surface area contributed by atoms with Crippen molar-refractivity contribution in [2.75, 3.05) is 5.32 Å². The third-order valence-corrected chi connectivity index (χ3v) is 5.69. The number of fused-ring (bicyclic) bond motifs is 1. The van der Waals surface area contributed by atoms with Gasteiger partial charge in [-0.1, -0.05) is 48.0 Å². The topological polar surface area (TPSA) is 107 Å². The number of anilines is 1. The van der Waals surface area contributed by atoms with Crippen LogP contribution in [-0.2, 0) is 8.53 Å². The second-order valence-corrected chi connectivity index (χ2v) is 9.16. The first-order valence-electron chi connectivity index (χ1n) is 7.48. The number of hydrogen-bond acceptors (Lipinski definition) is 3. The van der Waals surface area contributed by atoms with Crippen LogP contribution >= 0.6 is 11.6 Å². The van der Waals surface area contributed by atoms with E-state index in [0.29, 0.717) is 0 Å². The normalized spacial score (nSPS) is 10.8. The first-order valence-corrected chi connectivity index (χ1v) is 11.2. The Bertz CT molecular complexity index is 981. The van der Waals surface area contributed by atoms with Crippen LogP contribution in [0, 0.1) is 0 Å². The number of carbonyl (C=O) groups is 1. The molecule has 0 spiro atoms. The number of carbonyl (C=O) groups excluding carboxylic acids is 1. The zero-order chi connectivity index (χ0) is 19.3. The van der Waals surface area contributed by atoms with Crippen LogP contribution in [0.3, 0.4) is 0 Å². The molecular formula is C18H17AsClNO5. The predicted molar refractivity (Wildman–Crippen MR) is 102 cm³/mol. The van der Waals surface area contributed by atoms with Gasteiger partial charge in [0.05, 0.1) is 0 Å². The molecule has 0 atom stereocenters.